The Bertz CT molecular complexity index is 508. The lowest BCUT2D eigenvalue weighted by Gasteiger charge is -2.27. The number of nitrogens with zero attached hydrogens (tertiary/aromatic N) is 1. The highest BCUT2D eigenvalue weighted by atomic mass is 35.5. The quantitative estimate of drug-likeness (QED) is 0.902. The molecule has 0 aliphatic carbocycles. The summed E-state index contributed by atoms with van der Waals surface area (Å²) in [6, 6.07) is 5.71. The molecular weight excluding hydrogens is 304 g/mol. The number of hydrogen-bond donors (Lipinski definition) is 1. The average molecular weight is 329 g/mol. The van der Waals surface area contributed by atoms with Gasteiger partial charge in [0.05, 0.1) is 20.3 Å². The number of carbonyl (C=O) groups is 1. The van der Waals surface area contributed by atoms with Crippen molar-refractivity contribution < 1.29 is 14.3 Å². The lowest BCUT2D eigenvalue weighted by atomic mass is 10.0. The fraction of sp³-hybridized carbons (Fsp3) is 0.562. The van der Waals surface area contributed by atoms with E-state index in [4.69, 9.17) is 15.2 Å². The first-order chi connectivity index (χ1) is 10.1. The van der Waals surface area contributed by atoms with Crippen LogP contribution in [0.5, 0.6) is 11.5 Å². The Hall–Kier alpha value is -1.46. The van der Waals surface area contributed by atoms with Gasteiger partial charge in [-0.2, -0.15) is 0 Å². The van der Waals surface area contributed by atoms with Gasteiger partial charge in [-0.1, -0.05) is 0 Å². The van der Waals surface area contributed by atoms with Gasteiger partial charge in [-0.25, -0.2) is 0 Å². The summed E-state index contributed by atoms with van der Waals surface area (Å²) in [4.78, 5) is 14.3. The molecule has 1 aromatic carbocycles. The van der Waals surface area contributed by atoms with E-state index in [1.54, 1.807) is 14.2 Å². The Morgan fingerprint density at radius 2 is 2.14 bits per heavy atom. The van der Waals surface area contributed by atoms with E-state index in [0.29, 0.717) is 6.42 Å². The maximum atomic E-state index is 12.3. The van der Waals surface area contributed by atoms with Crippen molar-refractivity contribution in [2.75, 3.05) is 20.8 Å². The highest BCUT2D eigenvalue weighted by molar-refractivity contribution is 5.85. The van der Waals surface area contributed by atoms with E-state index in [9.17, 15) is 4.79 Å². The first-order valence-electron chi connectivity index (χ1n) is 7.33. The number of amides is 1. The van der Waals surface area contributed by atoms with Crippen LogP contribution < -0.4 is 15.2 Å². The molecule has 1 amide bonds. The molecule has 5 nitrogen and oxygen atoms in total. The van der Waals surface area contributed by atoms with Crippen LogP contribution >= 0.6 is 12.4 Å². The lowest BCUT2D eigenvalue weighted by molar-refractivity contribution is -0.132. The maximum absolute atomic E-state index is 12.3. The molecule has 22 heavy (non-hydrogen) atoms. The largest absolute Gasteiger partial charge is 0.497 e. The molecule has 0 aromatic heterocycles. The second-order valence-corrected chi connectivity index (χ2v) is 5.53. The van der Waals surface area contributed by atoms with Gasteiger partial charge >= 0.3 is 0 Å². The van der Waals surface area contributed by atoms with Crippen LogP contribution in [0.15, 0.2) is 18.2 Å². The van der Waals surface area contributed by atoms with Gasteiger partial charge in [0.2, 0.25) is 5.91 Å². The fourth-order valence-corrected chi connectivity index (χ4v) is 2.87. The zero-order valence-corrected chi connectivity index (χ0v) is 14.2. The van der Waals surface area contributed by atoms with E-state index >= 15 is 0 Å². The molecule has 1 aromatic rings. The Kier molecular flexibility index (Phi) is 6.97. The van der Waals surface area contributed by atoms with Crippen LogP contribution in [0.1, 0.15) is 37.8 Å². The predicted octanol–water partition coefficient (Wildman–Crippen LogP) is 2.53. The van der Waals surface area contributed by atoms with Gasteiger partial charge in [-0.05, 0) is 31.9 Å². The van der Waals surface area contributed by atoms with Crippen LogP contribution in [0, 0.1) is 0 Å². The third kappa shape index (κ3) is 4.05. The molecule has 2 rings (SSSR count). The summed E-state index contributed by atoms with van der Waals surface area (Å²) < 4.78 is 10.7. The second kappa shape index (κ2) is 8.25. The van der Waals surface area contributed by atoms with E-state index in [1.807, 2.05) is 30.0 Å². The number of benzene rings is 1. The van der Waals surface area contributed by atoms with Gasteiger partial charge in [-0.15, -0.1) is 12.4 Å². The van der Waals surface area contributed by atoms with Gasteiger partial charge in [-0.3, -0.25) is 4.79 Å². The Labute approximate surface area is 138 Å². The molecule has 2 unspecified atom stereocenters. The molecular formula is C16H25ClN2O3. The zero-order valence-electron chi connectivity index (χ0n) is 13.4. The topological polar surface area (TPSA) is 64.8 Å². The van der Waals surface area contributed by atoms with E-state index in [1.165, 1.54) is 0 Å². The second-order valence-electron chi connectivity index (χ2n) is 5.53. The molecule has 0 spiro atoms. The zero-order chi connectivity index (χ0) is 15.4. The number of carbonyl (C=O) groups excluding carboxylic acids is 1. The van der Waals surface area contributed by atoms with Crippen LogP contribution in [0.2, 0.25) is 0 Å². The first-order valence-corrected chi connectivity index (χ1v) is 7.33. The predicted molar refractivity (Wildman–Crippen MR) is 88.7 cm³/mol. The lowest BCUT2D eigenvalue weighted by Crippen LogP contribution is -2.34. The van der Waals surface area contributed by atoms with Crippen LogP contribution in [0.3, 0.4) is 0 Å². The van der Waals surface area contributed by atoms with Gasteiger partial charge in [0.25, 0.3) is 0 Å². The molecule has 1 heterocycles. The summed E-state index contributed by atoms with van der Waals surface area (Å²) in [6.45, 7) is 2.64. The molecule has 2 N–H and O–H groups in total. The van der Waals surface area contributed by atoms with Gasteiger partial charge in [0, 0.05) is 30.6 Å². The Morgan fingerprint density at radius 1 is 1.41 bits per heavy atom. The van der Waals surface area contributed by atoms with Crippen molar-refractivity contribution in [1.29, 1.82) is 0 Å². The molecule has 1 saturated heterocycles. The molecule has 6 heteroatoms. The molecule has 1 aliphatic rings. The molecule has 1 fully saturated rings. The number of halogens is 1. The SMILES string of the molecule is COc1ccc(C2CCCN2C(=O)CC(C)N)c(OC)c1.Cl. The van der Waals surface area contributed by atoms with Crippen LogP contribution in [-0.4, -0.2) is 37.6 Å². The van der Waals surface area contributed by atoms with Crippen molar-refractivity contribution in [1.82, 2.24) is 4.90 Å². The van der Waals surface area contributed by atoms with Crippen LogP contribution in [-0.2, 0) is 4.79 Å². The highest BCUT2D eigenvalue weighted by Crippen LogP contribution is 2.38. The van der Waals surface area contributed by atoms with E-state index in [-0.39, 0.29) is 30.4 Å². The smallest absolute Gasteiger partial charge is 0.224 e. The monoisotopic (exact) mass is 328 g/mol. The van der Waals surface area contributed by atoms with Crippen molar-refractivity contribution in [3.63, 3.8) is 0 Å². The number of rotatable bonds is 5. The third-order valence-electron chi connectivity index (χ3n) is 3.87. The van der Waals surface area contributed by atoms with Crippen LogP contribution in [0.4, 0.5) is 0 Å². The normalized spacial score (nSPS) is 18.5. The standard InChI is InChI=1S/C16H24N2O3.ClH/c1-11(17)9-16(19)18-8-4-5-14(18)13-7-6-12(20-2)10-15(13)21-3;/h6-7,10-11,14H,4-5,8-9,17H2,1-3H3;1H. The molecule has 124 valence electrons. The molecule has 0 saturated carbocycles. The number of nitrogens with two attached hydrogens (primary N) is 1. The highest BCUT2D eigenvalue weighted by Gasteiger charge is 2.32. The van der Waals surface area contributed by atoms with Crippen molar-refractivity contribution >= 4 is 18.3 Å². The fourth-order valence-electron chi connectivity index (χ4n) is 2.87. The minimum atomic E-state index is -0.114. The van der Waals surface area contributed by atoms with E-state index in [0.717, 1.165) is 36.4 Å². The van der Waals surface area contributed by atoms with Crippen molar-refractivity contribution in [3.8, 4) is 11.5 Å². The van der Waals surface area contributed by atoms with Crippen molar-refractivity contribution in [3.05, 3.63) is 23.8 Å². The first kappa shape index (κ1) is 18.6. The van der Waals surface area contributed by atoms with E-state index < -0.39 is 0 Å². The summed E-state index contributed by atoms with van der Waals surface area (Å²) in [6.07, 6.45) is 2.34. The summed E-state index contributed by atoms with van der Waals surface area (Å²) in [7, 11) is 3.27. The summed E-state index contributed by atoms with van der Waals surface area (Å²) >= 11 is 0. The number of methoxy groups -OCH3 is 2. The molecule has 1 aliphatic heterocycles. The third-order valence-corrected chi connectivity index (χ3v) is 3.87. The maximum Gasteiger partial charge on any atom is 0.224 e. The average Bonchev–Trinajstić information content (AvgIpc) is 2.95. The summed E-state index contributed by atoms with van der Waals surface area (Å²) in [5.41, 5.74) is 6.79. The minimum Gasteiger partial charge on any atom is -0.497 e. The molecule has 0 bridgehead atoms. The number of hydrogen-bond acceptors (Lipinski definition) is 4. The Balaban J connectivity index is 0.00000242. The molecule has 2 atom stereocenters. The van der Waals surface area contributed by atoms with Crippen LogP contribution in [0.25, 0.3) is 0 Å². The number of ether oxygens (including phenoxy) is 2. The summed E-state index contributed by atoms with van der Waals surface area (Å²) in [5.74, 6) is 1.63. The van der Waals surface area contributed by atoms with Gasteiger partial charge in [0.1, 0.15) is 11.5 Å². The van der Waals surface area contributed by atoms with Gasteiger partial charge in [0.15, 0.2) is 0 Å². The van der Waals surface area contributed by atoms with Crippen molar-refractivity contribution in [2.45, 2.75) is 38.3 Å². The Morgan fingerprint density at radius 3 is 2.73 bits per heavy atom. The number of likely N-dealkylation sites (tertiary alicyclic amines) is 1. The van der Waals surface area contributed by atoms with E-state index in [2.05, 4.69) is 0 Å². The summed E-state index contributed by atoms with van der Waals surface area (Å²) in [5, 5.41) is 0. The van der Waals surface area contributed by atoms with Crippen molar-refractivity contribution in [2.24, 2.45) is 5.73 Å². The van der Waals surface area contributed by atoms with Gasteiger partial charge < -0.3 is 20.1 Å². The minimum absolute atomic E-state index is 0. The molecule has 0 radical (unpaired) electrons.